The summed E-state index contributed by atoms with van der Waals surface area (Å²) in [5.74, 6) is 2.01. The summed E-state index contributed by atoms with van der Waals surface area (Å²) < 4.78 is 12.8. The van der Waals surface area contributed by atoms with Gasteiger partial charge in [0.25, 0.3) is 5.91 Å². The zero-order chi connectivity index (χ0) is 19.3. The molecule has 142 valence electrons. The van der Waals surface area contributed by atoms with E-state index in [1.54, 1.807) is 19.2 Å². The number of carbonyl (C=O) groups is 1. The Morgan fingerprint density at radius 1 is 1.14 bits per heavy atom. The largest absolute Gasteiger partial charge is 0.493 e. The number of hydrogen-bond donors (Lipinski definition) is 2. The zero-order valence-corrected chi connectivity index (χ0v) is 15.3. The normalized spacial score (nSPS) is 10.8. The maximum Gasteiger partial charge on any atom is 0.287 e. The first-order chi connectivity index (χ1) is 13.7. The van der Waals surface area contributed by atoms with E-state index in [0.717, 1.165) is 11.2 Å². The van der Waals surface area contributed by atoms with Crippen molar-refractivity contribution in [2.24, 2.45) is 0 Å². The summed E-state index contributed by atoms with van der Waals surface area (Å²) in [6, 6.07) is 12.9. The van der Waals surface area contributed by atoms with Crippen LogP contribution in [0.4, 0.5) is 5.82 Å². The zero-order valence-electron chi connectivity index (χ0n) is 15.3. The van der Waals surface area contributed by atoms with Crippen LogP contribution < -0.4 is 15.4 Å². The smallest absolute Gasteiger partial charge is 0.287 e. The van der Waals surface area contributed by atoms with Crippen LogP contribution >= 0.6 is 0 Å². The van der Waals surface area contributed by atoms with E-state index < -0.39 is 0 Å². The average molecular weight is 377 g/mol. The number of hydrogen-bond acceptors (Lipinski definition) is 6. The molecule has 28 heavy (non-hydrogen) atoms. The lowest BCUT2D eigenvalue weighted by Crippen LogP contribution is -2.28. The van der Waals surface area contributed by atoms with Gasteiger partial charge in [-0.2, -0.15) is 0 Å². The number of furan rings is 1. The molecule has 0 fully saturated rings. The summed E-state index contributed by atoms with van der Waals surface area (Å²) in [5, 5.41) is 6.81. The van der Waals surface area contributed by atoms with Crippen LogP contribution in [0.3, 0.4) is 0 Å². The van der Waals surface area contributed by atoms with Gasteiger partial charge < -0.3 is 24.4 Å². The first-order valence-corrected chi connectivity index (χ1v) is 8.78. The summed E-state index contributed by atoms with van der Waals surface area (Å²) in [6.07, 6.45) is 5.32. The SMILES string of the molecule is COc1cccc2cc(C(=O)NCCNc3cc(-n4cccc4)ncn3)oc12. The van der Waals surface area contributed by atoms with Gasteiger partial charge in [-0.05, 0) is 24.3 Å². The monoisotopic (exact) mass is 377 g/mol. The van der Waals surface area contributed by atoms with E-state index in [9.17, 15) is 4.79 Å². The van der Waals surface area contributed by atoms with E-state index in [1.165, 1.54) is 6.33 Å². The molecular formula is C20H19N5O3. The van der Waals surface area contributed by atoms with E-state index >= 15 is 0 Å². The Morgan fingerprint density at radius 2 is 2.00 bits per heavy atom. The van der Waals surface area contributed by atoms with Crippen LogP contribution in [0.5, 0.6) is 5.75 Å². The maximum absolute atomic E-state index is 12.3. The first-order valence-electron chi connectivity index (χ1n) is 8.78. The van der Waals surface area contributed by atoms with Crippen molar-refractivity contribution in [3.63, 3.8) is 0 Å². The van der Waals surface area contributed by atoms with Gasteiger partial charge in [0.2, 0.25) is 0 Å². The fraction of sp³-hybridized carbons (Fsp3) is 0.150. The Kier molecular flexibility index (Phi) is 4.92. The van der Waals surface area contributed by atoms with Gasteiger partial charge in [0.05, 0.1) is 7.11 Å². The lowest BCUT2D eigenvalue weighted by molar-refractivity contribution is 0.0929. The minimum Gasteiger partial charge on any atom is -0.493 e. The van der Waals surface area contributed by atoms with Crippen molar-refractivity contribution in [3.05, 3.63) is 66.9 Å². The van der Waals surface area contributed by atoms with Crippen LogP contribution in [0.25, 0.3) is 16.8 Å². The van der Waals surface area contributed by atoms with Crippen LogP contribution in [0.1, 0.15) is 10.6 Å². The molecule has 4 rings (SSSR count). The molecule has 8 nitrogen and oxygen atoms in total. The van der Waals surface area contributed by atoms with Crippen molar-refractivity contribution in [3.8, 4) is 11.6 Å². The Hall–Kier alpha value is -3.81. The average Bonchev–Trinajstić information content (AvgIpc) is 3.41. The van der Waals surface area contributed by atoms with E-state index in [-0.39, 0.29) is 11.7 Å². The number of fused-ring (bicyclic) bond motifs is 1. The van der Waals surface area contributed by atoms with Gasteiger partial charge in [-0.15, -0.1) is 0 Å². The van der Waals surface area contributed by atoms with Gasteiger partial charge in [0.15, 0.2) is 17.1 Å². The highest BCUT2D eigenvalue weighted by Crippen LogP contribution is 2.28. The highest BCUT2D eigenvalue weighted by Gasteiger charge is 2.14. The highest BCUT2D eigenvalue weighted by molar-refractivity contribution is 5.97. The van der Waals surface area contributed by atoms with Gasteiger partial charge in [-0.1, -0.05) is 12.1 Å². The number of anilines is 1. The van der Waals surface area contributed by atoms with Crippen molar-refractivity contribution in [1.29, 1.82) is 0 Å². The molecule has 8 heteroatoms. The van der Waals surface area contributed by atoms with Crippen molar-refractivity contribution in [2.75, 3.05) is 25.5 Å². The third-order valence-corrected chi connectivity index (χ3v) is 4.19. The third kappa shape index (κ3) is 3.66. The highest BCUT2D eigenvalue weighted by atomic mass is 16.5. The number of benzene rings is 1. The summed E-state index contributed by atoms with van der Waals surface area (Å²) in [6.45, 7) is 0.924. The number of nitrogens with one attached hydrogen (secondary N) is 2. The second kappa shape index (κ2) is 7.83. The minimum atomic E-state index is -0.282. The Labute approximate surface area is 161 Å². The lowest BCUT2D eigenvalue weighted by Gasteiger charge is -2.08. The van der Waals surface area contributed by atoms with E-state index in [1.807, 2.05) is 47.3 Å². The summed E-state index contributed by atoms with van der Waals surface area (Å²) >= 11 is 0. The Balaban J connectivity index is 1.33. The summed E-state index contributed by atoms with van der Waals surface area (Å²) in [4.78, 5) is 20.8. The number of amides is 1. The first kappa shape index (κ1) is 17.6. The molecule has 3 heterocycles. The van der Waals surface area contributed by atoms with Crippen LogP contribution in [-0.4, -0.2) is 40.6 Å². The number of aromatic nitrogens is 3. The predicted octanol–water partition coefficient (Wildman–Crippen LogP) is 2.86. The van der Waals surface area contributed by atoms with Crippen molar-refractivity contribution < 1.29 is 13.9 Å². The quantitative estimate of drug-likeness (QED) is 0.481. The topological polar surface area (TPSA) is 94.2 Å². The van der Waals surface area contributed by atoms with E-state index in [0.29, 0.717) is 30.2 Å². The molecule has 0 aliphatic carbocycles. The second-order valence-corrected chi connectivity index (χ2v) is 6.02. The summed E-state index contributed by atoms with van der Waals surface area (Å²) in [7, 11) is 1.57. The Bertz CT molecular complexity index is 1090. The Morgan fingerprint density at radius 3 is 2.82 bits per heavy atom. The van der Waals surface area contributed by atoms with E-state index in [2.05, 4.69) is 20.6 Å². The lowest BCUT2D eigenvalue weighted by atomic mass is 10.2. The fourth-order valence-electron chi connectivity index (χ4n) is 2.83. The molecule has 0 saturated carbocycles. The molecule has 0 radical (unpaired) electrons. The van der Waals surface area contributed by atoms with Gasteiger partial charge in [0, 0.05) is 36.9 Å². The molecule has 1 aromatic carbocycles. The molecule has 0 aliphatic rings. The van der Waals surface area contributed by atoms with Crippen LogP contribution in [0, 0.1) is 0 Å². The maximum atomic E-state index is 12.3. The van der Waals surface area contributed by atoms with Gasteiger partial charge in [-0.3, -0.25) is 4.79 Å². The van der Waals surface area contributed by atoms with Gasteiger partial charge in [-0.25, -0.2) is 9.97 Å². The molecule has 0 aliphatic heterocycles. The molecule has 4 aromatic rings. The molecule has 0 unspecified atom stereocenters. The summed E-state index contributed by atoms with van der Waals surface area (Å²) in [5.41, 5.74) is 0.562. The molecule has 0 spiro atoms. The minimum absolute atomic E-state index is 0.247. The molecular weight excluding hydrogens is 358 g/mol. The molecule has 0 saturated heterocycles. The van der Waals surface area contributed by atoms with Crippen molar-refractivity contribution >= 4 is 22.7 Å². The number of rotatable bonds is 7. The molecule has 2 N–H and O–H groups in total. The number of ether oxygens (including phenoxy) is 1. The fourth-order valence-corrected chi connectivity index (χ4v) is 2.83. The third-order valence-electron chi connectivity index (χ3n) is 4.19. The van der Waals surface area contributed by atoms with Crippen molar-refractivity contribution in [1.82, 2.24) is 19.9 Å². The second-order valence-electron chi connectivity index (χ2n) is 6.02. The van der Waals surface area contributed by atoms with Crippen LogP contribution in [-0.2, 0) is 0 Å². The number of nitrogens with zero attached hydrogens (tertiary/aromatic N) is 3. The standard InChI is InChI=1S/C20H19N5O3/c1-27-15-6-4-5-14-11-16(28-19(14)15)20(26)22-8-7-21-17-12-18(24-13-23-17)25-9-2-3-10-25/h2-6,9-13H,7-8H2,1H3,(H,22,26)(H,21,23,24). The molecule has 1 amide bonds. The number of para-hydroxylation sites is 1. The van der Waals surface area contributed by atoms with E-state index in [4.69, 9.17) is 9.15 Å². The molecule has 0 bridgehead atoms. The van der Waals surface area contributed by atoms with Crippen molar-refractivity contribution in [2.45, 2.75) is 0 Å². The van der Waals surface area contributed by atoms with Gasteiger partial charge in [0.1, 0.15) is 18.0 Å². The number of carbonyl (C=O) groups excluding carboxylic acids is 1. The predicted molar refractivity (Wildman–Crippen MR) is 105 cm³/mol. The molecule has 0 atom stereocenters. The van der Waals surface area contributed by atoms with Crippen LogP contribution in [0.2, 0.25) is 0 Å². The van der Waals surface area contributed by atoms with Gasteiger partial charge >= 0.3 is 0 Å². The van der Waals surface area contributed by atoms with Crippen LogP contribution in [0.15, 0.2) is 65.6 Å². The number of methoxy groups -OCH3 is 1. The molecule has 3 aromatic heterocycles.